The number of fused-ring (bicyclic) bond motifs is 3. The lowest BCUT2D eigenvalue weighted by molar-refractivity contribution is -0.167. The summed E-state index contributed by atoms with van der Waals surface area (Å²) in [5, 5.41) is 18.1. The number of pyridine rings is 8. The number of hydrogen-bond acceptors (Lipinski definition) is 24. The first kappa shape index (κ1) is 120. The largest absolute Gasteiger partial charge is 0.496 e. The predicted molar refractivity (Wildman–Crippen MR) is 588 cm³/mol. The molecule has 18 rings (SSSR count). The maximum Gasteiger partial charge on any atom is 0.496 e. The summed E-state index contributed by atoms with van der Waals surface area (Å²) in [4.78, 5) is 106. The minimum absolute atomic E-state index is 0.0169. The van der Waals surface area contributed by atoms with Crippen LogP contribution < -0.4 is 59.9 Å². The molecule has 2 aromatic carbocycles. The van der Waals surface area contributed by atoms with Crippen LogP contribution in [0.5, 0.6) is 0 Å². The zero-order valence-corrected chi connectivity index (χ0v) is 95.4. The van der Waals surface area contributed by atoms with E-state index in [-0.39, 0.29) is 69.6 Å². The van der Waals surface area contributed by atoms with Crippen molar-refractivity contribution in [3.63, 3.8) is 0 Å². The minimum Gasteiger partial charge on any atom is -0.481 e. The van der Waals surface area contributed by atoms with Crippen molar-refractivity contribution in [3.8, 4) is 0 Å². The molecule has 51 heteroatoms. The van der Waals surface area contributed by atoms with E-state index in [0.717, 1.165) is 143 Å². The van der Waals surface area contributed by atoms with Crippen LogP contribution in [0, 0.1) is 39.5 Å². The van der Waals surface area contributed by atoms with Gasteiger partial charge in [0.2, 0.25) is 17.7 Å². The number of nitrogen functional groups attached to an aromatic ring is 2. The van der Waals surface area contributed by atoms with Gasteiger partial charge in [0.05, 0.1) is 72.7 Å². The number of aromatic nitrogens is 11. The molecule has 784 valence electrons. The molecule has 0 radical (unpaired) electrons. The molecule has 4 saturated carbocycles. The molecule has 14 N–H and O–H groups in total. The summed E-state index contributed by atoms with van der Waals surface area (Å²) in [6.07, 6.45) is 27.5. The number of aryl methyl sites for hydroxylation is 4. The van der Waals surface area contributed by atoms with Crippen LogP contribution in [0.25, 0.3) is 16.9 Å². The van der Waals surface area contributed by atoms with E-state index in [2.05, 4.69) is 177 Å². The Morgan fingerprint density at radius 3 is 1.35 bits per heavy atom. The van der Waals surface area contributed by atoms with Crippen molar-refractivity contribution >= 4 is 266 Å². The molecular weight excluding hydrogens is 2520 g/mol. The molecule has 0 bridgehead atoms. The van der Waals surface area contributed by atoms with Crippen LogP contribution in [0.4, 0.5) is 63.2 Å². The van der Waals surface area contributed by atoms with Crippen molar-refractivity contribution in [2.75, 3.05) is 41.9 Å². The number of halogens is 11. The number of primary amides is 2. The maximum absolute atomic E-state index is 12.3. The number of nitrogens with two attached hydrogens (primary N) is 4. The molecule has 0 atom stereocenters. The first-order chi connectivity index (χ1) is 69.3. The first-order valence-electron chi connectivity index (χ1n) is 45.2. The minimum atomic E-state index is -4.92. The molecule has 5 aliphatic rings. The number of nitrogens with zero attached hydrogens (tertiary/aromatic N) is 12. The van der Waals surface area contributed by atoms with Crippen LogP contribution in [0.2, 0.25) is 0 Å². The Kier molecular flexibility index (Phi) is 45.7. The third-order valence-corrected chi connectivity index (χ3v) is 28.4. The van der Waals surface area contributed by atoms with Gasteiger partial charge in [-0.3, -0.25) is 49.3 Å². The van der Waals surface area contributed by atoms with Gasteiger partial charge in [0.1, 0.15) is 58.6 Å². The van der Waals surface area contributed by atoms with E-state index in [4.69, 9.17) is 41.1 Å². The zero-order valence-electron chi connectivity index (χ0n) is 80.5. The summed E-state index contributed by atoms with van der Waals surface area (Å²) < 4.78 is 127. The van der Waals surface area contributed by atoms with Crippen molar-refractivity contribution in [1.82, 2.24) is 52.7 Å². The number of ether oxygens (including phenoxy) is 2. The third kappa shape index (κ3) is 40.8. The molecule has 1 aliphatic heterocycles. The van der Waals surface area contributed by atoms with E-state index in [1.807, 2.05) is 148 Å². The van der Waals surface area contributed by atoms with Crippen molar-refractivity contribution in [2.24, 2.45) is 27.7 Å². The number of nitrogens with one attached hydrogen (secondary N) is 5. The average molecular weight is 2630 g/mol. The molecule has 37 nitrogen and oxygen atoms in total. The highest BCUT2D eigenvalue weighted by atomic mass is 127. The summed E-state index contributed by atoms with van der Waals surface area (Å²) in [5.74, 6) is -1.35. The second kappa shape index (κ2) is 56.1. The second-order valence-corrected chi connectivity index (χ2v) is 44.9. The van der Waals surface area contributed by atoms with Crippen LogP contribution >= 0.6 is 134 Å². The molecule has 4 aliphatic carbocycles. The summed E-state index contributed by atoms with van der Waals surface area (Å²) in [6, 6.07) is 37.7. The summed E-state index contributed by atoms with van der Waals surface area (Å²) in [6.45, 7) is 15.3. The zero-order chi connectivity index (χ0) is 108. The number of imidazole rings is 3. The van der Waals surface area contributed by atoms with Crippen LogP contribution in [0.1, 0.15) is 140 Å². The number of carboxylic acids is 1. The van der Waals surface area contributed by atoms with Gasteiger partial charge in [-0.1, -0.05) is 70.8 Å². The lowest BCUT2D eigenvalue weighted by atomic mass is 9.80. The Labute approximate surface area is 919 Å². The molecule has 13 aromatic rings. The Bertz CT molecular complexity index is 7000. The highest BCUT2D eigenvalue weighted by Gasteiger charge is 2.52. The third-order valence-electron chi connectivity index (χ3n) is 21.7. The molecule has 5 fully saturated rings. The first-order valence-corrected chi connectivity index (χ1v) is 55.2. The highest BCUT2D eigenvalue weighted by molar-refractivity contribution is 14.1. The summed E-state index contributed by atoms with van der Waals surface area (Å²) in [7, 11) is -7.95. The van der Waals surface area contributed by atoms with Gasteiger partial charge in [-0.15, -0.1) is 4.40 Å². The van der Waals surface area contributed by atoms with Gasteiger partial charge in [0, 0.05) is 92.3 Å². The molecule has 147 heavy (non-hydrogen) atoms. The molecule has 1 saturated heterocycles. The molecule has 6 amide bonds. The fraction of sp³-hybridized carbons (Fsp3) is 0.323. The number of carbonyl (C=O) groups excluding carboxylic acids is 6. The fourth-order valence-corrected chi connectivity index (χ4v) is 17.2. The van der Waals surface area contributed by atoms with E-state index in [0.29, 0.717) is 49.2 Å². The normalized spacial score (nSPS) is 14.6. The van der Waals surface area contributed by atoms with Gasteiger partial charge < -0.3 is 75.2 Å². The SMILES string of the molecule is Cc1ccc(S(=O)(=O)N=c2ccc(Br)cn2CC(N)=O)cc1.Cc1ccc(S(=O)(=O)Nc2ccc(Br)cn2)cc1.Cc1ncc(B2OC(C)(C)C(C)(C)O2)cc1NC(=O)OC1CCCCC1.Cc1ncc(Br)cc1NC(=O)OC1CCCCC1.NC(=O)CI.Nc1ccc(Br)cn1.Nc1cn2cc(Br)ccc2n1.O=C(Nc1cn2cc(Br)ccc2n1)C(F)(F)F.O=C(Nc1cn2cc(Br)ccc2n1)C1CC1.O=C(O)C1CC1. The van der Waals surface area contributed by atoms with Crippen LogP contribution in [-0.4, -0.2) is 158 Å². The average Bonchev–Trinajstić information content (AvgIpc) is 1.62. The van der Waals surface area contributed by atoms with Crippen molar-refractivity contribution in [1.29, 1.82) is 0 Å². The monoisotopic (exact) mass is 2620 g/mol. The topological polar surface area (TPSA) is 530 Å². The number of aliphatic carboxylic acids is 1. The fourth-order valence-electron chi connectivity index (χ4n) is 13.0. The smallest absolute Gasteiger partial charge is 0.481 e. The molecule has 0 spiro atoms. The summed E-state index contributed by atoms with van der Waals surface area (Å²) in [5.41, 5.74) is 27.6. The van der Waals surface area contributed by atoms with Gasteiger partial charge in [-0.05, 0) is 353 Å². The van der Waals surface area contributed by atoms with Crippen molar-refractivity contribution < 1.29 is 87.5 Å². The molecular formula is C96H107BBr7F3IN21O16S2. The maximum atomic E-state index is 12.3. The molecule has 11 aromatic heterocycles. The number of alkyl halides is 4. The summed E-state index contributed by atoms with van der Waals surface area (Å²) >= 11 is 24.9. The van der Waals surface area contributed by atoms with E-state index in [1.165, 1.54) is 52.4 Å². The second-order valence-electron chi connectivity index (χ2n) is 34.4. The lowest BCUT2D eigenvalue weighted by Gasteiger charge is -2.32. The van der Waals surface area contributed by atoms with E-state index in [9.17, 15) is 63.6 Å². The number of rotatable bonds is 17. The highest BCUT2D eigenvalue weighted by Crippen LogP contribution is 2.38. The van der Waals surface area contributed by atoms with Crippen LogP contribution in [0.15, 0.2) is 247 Å². The number of amides is 6. The quantitative estimate of drug-likeness (QED) is 0.0230. The lowest BCUT2D eigenvalue weighted by Crippen LogP contribution is -2.41. The van der Waals surface area contributed by atoms with Crippen LogP contribution in [0.3, 0.4) is 0 Å². The molecule has 12 heterocycles. The van der Waals surface area contributed by atoms with Gasteiger partial charge in [0.15, 0.2) is 11.6 Å². The van der Waals surface area contributed by atoms with E-state index in [1.54, 1.807) is 115 Å². The van der Waals surface area contributed by atoms with Gasteiger partial charge in [-0.2, -0.15) is 21.6 Å². The van der Waals surface area contributed by atoms with Crippen LogP contribution in [-0.2, 0) is 69.3 Å². The number of carbonyl (C=O) groups is 7. The van der Waals surface area contributed by atoms with Gasteiger partial charge in [0.25, 0.3) is 20.0 Å². The Hall–Kier alpha value is -10.9. The number of carboxylic acid groups (broad SMARTS) is 1. The predicted octanol–water partition coefficient (Wildman–Crippen LogP) is 20.4. The van der Waals surface area contributed by atoms with E-state index >= 15 is 0 Å². The van der Waals surface area contributed by atoms with E-state index < -0.39 is 68.4 Å². The number of hydrogen-bond donors (Lipinski definition) is 10. The number of sulfonamides is 2. The van der Waals surface area contributed by atoms with Gasteiger partial charge >= 0.3 is 37.4 Å². The Morgan fingerprint density at radius 1 is 0.490 bits per heavy atom. The number of anilines is 7. The Morgan fingerprint density at radius 2 is 0.918 bits per heavy atom. The van der Waals surface area contributed by atoms with Gasteiger partial charge in [-0.25, -0.2) is 42.9 Å². The standard InChI is InChI=1S/C19H29BN2O4.C14H14BrN3O3S.C13H17BrN2O2.C12H11BrN2O2S.C11H10BrN3O.C9H5BrF3N3O.C7H6BrN3.C5H5BrN2.C4H6O2.C2H4INO/c1-13-16(22-17(23)24-15-9-7-6-8-10-15)11-14(12-21-13)20-25-18(2,3)19(4,5)26-20;1-10-2-5-12(6-3-10)22(20,21)17-14-7-4-11(15)8-18(14)9-13(16)19;1-9-12(7-10(14)8-15-9)16-13(17)18-11-5-3-2-4-6-11;1-9-2-5-11(6-3-9)18(16,17)15-12-7-4-10(13)8-14-12;12-8-3-4-10-13-9(6-15(10)5-8)14-11(16)7-1-2-7;10-5-1-2-7-14-6(4-16(7)3-5)15-8(17)9(11,12)13;8-5-1-2-7-10-6(9)4-11(7)3-5;6-4-1-2-5(7)8-3-4;5-4(6)3-1-2-3;3-1-2(4)5/h11-12,15H,6-10H2,1-5H3,(H,22,23);2-8H,9H2,1H3,(H2,16,19);7-8,11H,2-6H2,1H3,(H,16,17);2-8H,1H3,(H,14,15);3-7H,1-2H2,(H,14,16);1-4H,(H,15,17);1-4H,9H2;1-3H,(H2,7,8);3H,1-2H2,(H,5,6);1H2,(H2,4,5). The molecule has 0 unspecified atom stereocenters. The Balaban J connectivity index is 0.000000186. The number of benzene rings is 2. The van der Waals surface area contributed by atoms with Crippen molar-refractivity contribution in [3.05, 3.63) is 261 Å². The van der Waals surface area contributed by atoms with Crippen molar-refractivity contribution in [2.45, 2.75) is 191 Å².